The molecule has 4 heteroatoms. The van der Waals surface area contributed by atoms with E-state index in [0.717, 1.165) is 23.6 Å². The molecule has 0 amide bonds. The van der Waals surface area contributed by atoms with Gasteiger partial charge in [-0.2, -0.15) is 0 Å². The van der Waals surface area contributed by atoms with E-state index in [-0.39, 0.29) is 11.7 Å². The minimum absolute atomic E-state index is 0.121. The molecule has 1 aliphatic heterocycles. The number of hydrogen-bond acceptors (Lipinski definition) is 4. The van der Waals surface area contributed by atoms with Crippen LogP contribution in [0, 0.1) is 11.8 Å². The first kappa shape index (κ1) is 15.5. The van der Waals surface area contributed by atoms with Crippen LogP contribution in [-0.2, 0) is 16.1 Å². The van der Waals surface area contributed by atoms with Crippen molar-refractivity contribution in [3.8, 4) is 0 Å². The van der Waals surface area contributed by atoms with Gasteiger partial charge in [0.1, 0.15) is 0 Å². The summed E-state index contributed by atoms with van der Waals surface area (Å²) in [5.41, 5.74) is 1.10. The van der Waals surface area contributed by atoms with Crippen LogP contribution >= 0.6 is 24.0 Å². The van der Waals surface area contributed by atoms with E-state index in [2.05, 4.69) is 37.4 Å². The molecule has 0 unspecified atom stereocenters. The highest BCUT2D eigenvalue weighted by atomic mass is 32.2. The Morgan fingerprint density at radius 3 is 2.86 bits per heavy atom. The minimum Gasteiger partial charge on any atom is -0.372 e. The molecule has 3 rings (SSSR count). The number of benzene rings is 1. The molecule has 1 saturated carbocycles. The summed E-state index contributed by atoms with van der Waals surface area (Å²) in [7, 11) is 0. The van der Waals surface area contributed by atoms with Crippen LogP contribution in [0.1, 0.15) is 25.3 Å². The second-order valence-corrected chi connectivity index (χ2v) is 7.49. The van der Waals surface area contributed by atoms with E-state index in [9.17, 15) is 0 Å². The Morgan fingerprint density at radius 2 is 2.19 bits per heavy atom. The van der Waals surface area contributed by atoms with Crippen molar-refractivity contribution < 1.29 is 9.47 Å². The van der Waals surface area contributed by atoms with E-state index < -0.39 is 0 Å². The van der Waals surface area contributed by atoms with Crippen molar-refractivity contribution in [1.82, 2.24) is 0 Å². The van der Waals surface area contributed by atoms with Crippen molar-refractivity contribution in [1.29, 1.82) is 0 Å². The third kappa shape index (κ3) is 2.79. The van der Waals surface area contributed by atoms with Gasteiger partial charge in [0.05, 0.1) is 29.1 Å². The maximum atomic E-state index is 6.30. The first-order valence-electron chi connectivity index (χ1n) is 7.57. The number of rotatable bonds is 5. The van der Waals surface area contributed by atoms with Crippen molar-refractivity contribution in [2.24, 2.45) is 11.8 Å². The summed E-state index contributed by atoms with van der Waals surface area (Å²) in [5, 5.41) is 0. The van der Waals surface area contributed by atoms with Crippen molar-refractivity contribution in [2.75, 3.05) is 12.9 Å². The lowest BCUT2D eigenvalue weighted by Gasteiger charge is -2.30. The summed E-state index contributed by atoms with van der Waals surface area (Å²) in [6, 6.07) is 10.4. The number of fused-ring (bicyclic) bond motifs is 2. The summed E-state index contributed by atoms with van der Waals surface area (Å²) in [6.45, 7) is 3.65. The largest absolute Gasteiger partial charge is 0.372 e. The monoisotopic (exact) mass is 322 g/mol. The standard InChI is InChI=1S/C17H22O2S2/c1-3-17-9-13(16(20)21-2)14(11-19-17)15(17)18-10-12-7-5-4-6-8-12/h4-8,13-15H,3,9-11H2,1-2H3/t13-,14+,15-,17-/m0/s1. The van der Waals surface area contributed by atoms with Gasteiger partial charge in [-0.3, -0.25) is 0 Å². The maximum absolute atomic E-state index is 6.30. The van der Waals surface area contributed by atoms with Crippen LogP contribution in [0.2, 0.25) is 0 Å². The number of hydrogen-bond donors (Lipinski definition) is 0. The normalized spacial score (nSPS) is 34.3. The topological polar surface area (TPSA) is 18.5 Å². The maximum Gasteiger partial charge on any atom is 0.0950 e. The third-order valence-corrected chi connectivity index (χ3v) is 6.44. The number of thiocarbonyl (C=S) groups is 1. The van der Waals surface area contributed by atoms with Gasteiger partial charge >= 0.3 is 0 Å². The summed E-state index contributed by atoms with van der Waals surface area (Å²) >= 11 is 7.27. The molecule has 1 saturated heterocycles. The fourth-order valence-corrected chi connectivity index (χ4v) is 4.56. The second kappa shape index (κ2) is 6.37. The van der Waals surface area contributed by atoms with Crippen LogP contribution in [0.25, 0.3) is 0 Å². The van der Waals surface area contributed by atoms with E-state index in [4.69, 9.17) is 21.7 Å². The highest BCUT2D eigenvalue weighted by Gasteiger charge is 2.60. The average Bonchev–Trinajstić information content (AvgIpc) is 3.05. The predicted octanol–water partition coefficient (Wildman–Crippen LogP) is 4.08. The average molecular weight is 322 g/mol. The molecule has 2 fully saturated rings. The lowest BCUT2D eigenvalue weighted by atomic mass is 9.95. The lowest BCUT2D eigenvalue weighted by Crippen LogP contribution is -2.37. The molecule has 1 aliphatic carbocycles. The van der Waals surface area contributed by atoms with Gasteiger partial charge in [-0.05, 0) is 24.7 Å². The van der Waals surface area contributed by atoms with Crippen LogP contribution in [0.4, 0.5) is 0 Å². The van der Waals surface area contributed by atoms with Crippen LogP contribution < -0.4 is 0 Å². The lowest BCUT2D eigenvalue weighted by molar-refractivity contribution is -0.0890. The van der Waals surface area contributed by atoms with Gasteiger partial charge < -0.3 is 9.47 Å². The Morgan fingerprint density at radius 1 is 1.43 bits per heavy atom. The molecular weight excluding hydrogens is 300 g/mol. The highest BCUT2D eigenvalue weighted by molar-refractivity contribution is 8.22. The van der Waals surface area contributed by atoms with Crippen molar-refractivity contribution in [2.45, 2.75) is 38.1 Å². The van der Waals surface area contributed by atoms with Gasteiger partial charge in [0, 0.05) is 11.8 Å². The minimum atomic E-state index is -0.121. The van der Waals surface area contributed by atoms with Gasteiger partial charge in [-0.25, -0.2) is 0 Å². The molecule has 1 aromatic carbocycles. The van der Waals surface area contributed by atoms with Gasteiger partial charge in [-0.15, -0.1) is 11.8 Å². The smallest absolute Gasteiger partial charge is 0.0950 e. The van der Waals surface area contributed by atoms with Gasteiger partial charge in [-0.1, -0.05) is 49.5 Å². The molecule has 4 atom stereocenters. The summed E-state index contributed by atoms with van der Waals surface area (Å²) in [4.78, 5) is 0. The Labute approximate surface area is 136 Å². The zero-order chi connectivity index (χ0) is 14.9. The van der Waals surface area contributed by atoms with E-state index in [1.807, 2.05) is 6.07 Å². The van der Waals surface area contributed by atoms with E-state index in [0.29, 0.717) is 18.4 Å². The number of thioether (sulfide) groups is 1. The summed E-state index contributed by atoms with van der Waals surface area (Å²) in [6.07, 6.45) is 4.27. The molecule has 21 heavy (non-hydrogen) atoms. The van der Waals surface area contributed by atoms with E-state index in [1.165, 1.54) is 5.56 Å². The molecular formula is C17H22O2S2. The Balaban J connectivity index is 1.73. The van der Waals surface area contributed by atoms with Crippen LogP contribution in [-0.4, -0.2) is 28.8 Å². The predicted molar refractivity (Wildman–Crippen MR) is 91.7 cm³/mol. The van der Waals surface area contributed by atoms with Crippen molar-refractivity contribution >= 4 is 28.2 Å². The van der Waals surface area contributed by atoms with E-state index in [1.54, 1.807) is 11.8 Å². The van der Waals surface area contributed by atoms with Gasteiger partial charge in [0.2, 0.25) is 0 Å². The molecule has 0 aromatic heterocycles. The van der Waals surface area contributed by atoms with Gasteiger partial charge in [0.15, 0.2) is 0 Å². The Kier molecular flexibility index (Phi) is 4.69. The van der Waals surface area contributed by atoms with Crippen molar-refractivity contribution in [3.05, 3.63) is 35.9 Å². The fraction of sp³-hybridized carbons (Fsp3) is 0.588. The first-order valence-corrected chi connectivity index (χ1v) is 9.21. The van der Waals surface area contributed by atoms with Crippen LogP contribution in [0.15, 0.2) is 30.3 Å². The fourth-order valence-electron chi connectivity index (χ4n) is 3.74. The molecule has 2 aliphatic rings. The Hall–Kier alpha value is -0.420. The molecule has 0 radical (unpaired) electrons. The zero-order valence-corrected chi connectivity index (χ0v) is 14.2. The zero-order valence-electron chi connectivity index (χ0n) is 12.6. The third-order valence-electron chi connectivity index (χ3n) is 4.93. The summed E-state index contributed by atoms with van der Waals surface area (Å²) < 4.78 is 13.5. The van der Waals surface area contributed by atoms with Crippen LogP contribution in [0.5, 0.6) is 0 Å². The quantitative estimate of drug-likeness (QED) is 0.760. The summed E-state index contributed by atoms with van der Waals surface area (Å²) in [5.74, 6) is 0.887. The molecule has 0 N–H and O–H groups in total. The molecule has 2 nitrogen and oxygen atoms in total. The second-order valence-electron chi connectivity index (χ2n) is 5.94. The first-order chi connectivity index (χ1) is 10.2. The van der Waals surface area contributed by atoms with E-state index >= 15 is 0 Å². The van der Waals surface area contributed by atoms with Gasteiger partial charge in [0.25, 0.3) is 0 Å². The SMILES string of the molecule is CC[C@@]12C[C@H](C(=S)SC)[C@@H](CO1)[C@@H]2OCc1ccccc1. The number of ether oxygens (including phenoxy) is 2. The molecule has 0 spiro atoms. The molecule has 1 heterocycles. The molecule has 114 valence electrons. The Bertz CT molecular complexity index is 505. The molecule has 2 bridgehead atoms. The molecule has 1 aromatic rings. The van der Waals surface area contributed by atoms with Crippen LogP contribution in [0.3, 0.4) is 0 Å². The highest BCUT2D eigenvalue weighted by Crippen LogP contribution is 2.53. The van der Waals surface area contributed by atoms with Crippen molar-refractivity contribution in [3.63, 3.8) is 0 Å².